The molecule has 6 nitrogen and oxygen atoms in total. The topological polar surface area (TPSA) is 66.4 Å². The van der Waals surface area contributed by atoms with Crippen LogP contribution in [0.1, 0.15) is 34.7 Å². The number of carbonyl (C=O) groups is 2. The summed E-state index contributed by atoms with van der Waals surface area (Å²) >= 11 is 0. The number of likely N-dealkylation sites (N-methyl/N-ethyl adjacent to an activating group) is 1. The molecular weight excluding hydrogens is 412 g/mol. The maximum Gasteiger partial charge on any atom is 0.278 e. The number of hydrogen-bond acceptors (Lipinski definition) is 5. The Morgan fingerprint density at radius 2 is 1.67 bits per heavy atom. The lowest BCUT2D eigenvalue weighted by atomic mass is 9.99. The van der Waals surface area contributed by atoms with E-state index in [9.17, 15) is 9.59 Å². The number of benzene rings is 1. The molecule has 0 aliphatic carbocycles. The predicted octanol–water partition coefficient (Wildman–Crippen LogP) is 3.94. The fraction of sp³-hybridized carbons (Fsp3) is 0.259. The Kier molecular flexibility index (Phi) is 6.63. The van der Waals surface area contributed by atoms with E-state index in [2.05, 4.69) is 9.97 Å². The fourth-order valence-electron chi connectivity index (χ4n) is 4.07. The van der Waals surface area contributed by atoms with Crippen LogP contribution in [-0.4, -0.2) is 44.7 Å². The van der Waals surface area contributed by atoms with Crippen molar-refractivity contribution < 1.29 is 9.59 Å². The van der Waals surface area contributed by atoms with Crippen molar-refractivity contribution >= 4 is 17.4 Å². The Balaban J connectivity index is 1.72. The Labute approximate surface area is 194 Å². The van der Waals surface area contributed by atoms with Gasteiger partial charge in [0.15, 0.2) is 0 Å². The summed E-state index contributed by atoms with van der Waals surface area (Å²) in [6, 6.07) is 13.6. The first-order valence-corrected chi connectivity index (χ1v) is 11.2. The number of aryl methyl sites for hydroxylation is 2. The van der Waals surface area contributed by atoms with Crippen molar-refractivity contribution in [2.75, 3.05) is 13.1 Å². The van der Waals surface area contributed by atoms with Gasteiger partial charge in [0.1, 0.15) is 5.70 Å². The van der Waals surface area contributed by atoms with E-state index in [1.807, 2.05) is 68.1 Å². The summed E-state index contributed by atoms with van der Waals surface area (Å²) in [5, 5.41) is 0. The summed E-state index contributed by atoms with van der Waals surface area (Å²) < 4.78 is 0. The maximum atomic E-state index is 13.6. The Hall–Kier alpha value is -3.80. The lowest BCUT2D eigenvalue weighted by molar-refractivity contribution is -0.138. The minimum Gasteiger partial charge on any atom is -0.366 e. The van der Waals surface area contributed by atoms with Crippen LogP contribution in [0.3, 0.4) is 0 Å². The number of hydrogen-bond donors (Lipinski definition) is 0. The van der Waals surface area contributed by atoms with E-state index in [1.54, 1.807) is 24.8 Å². The molecule has 0 saturated carbocycles. The van der Waals surface area contributed by atoms with Crippen LogP contribution in [0.15, 0.2) is 72.9 Å². The standard InChI is InChI=1S/C27H28N4O2/c1-4-30(15-11-21-9-13-28-14-10-21)25-24(23-8-7-19(2)20(3)16-23)26(32)31(27(25)33)18-22-6-5-12-29-17-22/h5-10,12-14,16-17H,4,11,15,18H2,1-3H3. The van der Waals surface area contributed by atoms with Crippen molar-refractivity contribution in [1.82, 2.24) is 19.8 Å². The Morgan fingerprint density at radius 3 is 2.33 bits per heavy atom. The zero-order valence-electron chi connectivity index (χ0n) is 19.3. The van der Waals surface area contributed by atoms with E-state index in [0.717, 1.165) is 34.2 Å². The van der Waals surface area contributed by atoms with Crippen molar-refractivity contribution in [2.24, 2.45) is 0 Å². The monoisotopic (exact) mass is 440 g/mol. The van der Waals surface area contributed by atoms with Crippen molar-refractivity contribution in [2.45, 2.75) is 33.7 Å². The number of aromatic nitrogens is 2. The number of imide groups is 1. The average Bonchev–Trinajstić information content (AvgIpc) is 3.07. The Morgan fingerprint density at radius 1 is 0.879 bits per heavy atom. The molecule has 6 heteroatoms. The highest BCUT2D eigenvalue weighted by molar-refractivity contribution is 6.35. The average molecular weight is 441 g/mol. The van der Waals surface area contributed by atoms with Crippen molar-refractivity contribution in [3.8, 4) is 0 Å². The predicted molar refractivity (Wildman–Crippen MR) is 128 cm³/mol. The first kappa shape index (κ1) is 22.4. The van der Waals surface area contributed by atoms with E-state index in [-0.39, 0.29) is 18.4 Å². The third-order valence-corrected chi connectivity index (χ3v) is 6.12. The SMILES string of the molecule is CCN(CCc1ccncc1)C1=C(c2ccc(C)c(C)c2)C(=O)N(Cc2cccnc2)C1=O. The van der Waals surface area contributed by atoms with Gasteiger partial charge in [0.25, 0.3) is 11.8 Å². The normalized spacial score (nSPS) is 13.7. The number of carbonyl (C=O) groups excluding carboxylic acids is 2. The van der Waals surface area contributed by atoms with Gasteiger partial charge >= 0.3 is 0 Å². The molecule has 1 aliphatic heterocycles. The lowest BCUT2D eigenvalue weighted by Gasteiger charge is -2.25. The van der Waals surface area contributed by atoms with Gasteiger partial charge in [0.05, 0.1) is 12.1 Å². The number of rotatable bonds is 8. The number of amides is 2. The van der Waals surface area contributed by atoms with Crippen LogP contribution in [0.2, 0.25) is 0 Å². The second-order valence-electron chi connectivity index (χ2n) is 8.27. The summed E-state index contributed by atoms with van der Waals surface area (Å²) in [5.74, 6) is -0.516. The molecule has 0 N–H and O–H groups in total. The summed E-state index contributed by atoms with van der Waals surface area (Å²) in [7, 11) is 0. The molecule has 0 bridgehead atoms. The van der Waals surface area contributed by atoms with Crippen LogP contribution in [0, 0.1) is 13.8 Å². The number of pyridine rings is 2. The van der Waals surface area contributed by atoms with Gasteiger partial charge in [0, 0.05) is 37.9 Å². The summed E-state index contributed by atoms with van der Waals surface area (Å²) in [4.78, 5) is 38.8. The second-order valence-corrected chi connectivity index (χ2v) is 8.27. The molecule has 0 unspecified atom stereocenters. The van der Waals surface area contributed by atoms with Crippen molar-refractivity contribution in [3.05, 3.63) is 101 Å². The van der Waals surface area contributed by atoms with Crippen LogP contribution < -0.4 is 0 Å². The fourth-order valence-corrected chi connectivity index (χ4v) is 4.07. The highest BCUT2D eigenvalue weighted by Gasteiger charge is 2.41. The molecule has 168 valence electrons. The maximum absolute atomic E-state index is 13.6. The molecule has 2 amide bonds. The summed E-state index contributed by atoms with van der Waals surface area (Å²) in [5.41, 5.74) is 5.93. The van der Waals surface area contributed by atoms with E-state index in [0.29, 0.717) is 24.4 Å². The van der Waals surface area contributed by atoms with Gasteiger partial charge in [-0.15, -0.1) is 0 Å². The summed E-state index contributed by atoms with van der Waals surface area (Å²) in [6.45, 7) is 7.52. The quantitative estimate of drug-likeness (QED) is 0.497. The van der Waals surface area contributed by atoms with Gasteiger partial charge in [-0.3, -0.25) is 24.5 Å². The minimum absolute atomic E-state index is 0.200. The van der Waals surface area contributed by atoms with Gasteiger partial charge in [-0.1, -0.05) is 24.3 Å². The smallest absolute Gasteiger partial charge is 0.278 e. The van der Waals surface area contributed by atoms with Gasteiger partial charge in [-0.25, -0.2) is 0 Å². The molecular formula is C27H28N4O2. The first-order chi connectivity index (χ1) is 16.0. The third-order valence-electron chi connectivity index (χ3n) is 6.12. The largest absolute Gasteiger partial charge is 0.366 e. The summed E-state index contributed by atoms with van der Waals surface area (Å²) in [6.07, 6.45) is 7.66. The molecule has 4 rings (SSSR count). The van der Waals surface area contributed by atoms with Gasteiger partial charge in [-0.2, -0.15) is 0 Å². The molecule has 2 aromatic heterocycles. The highest BCUT2D eigenvalue weighted by Crippen LogP contribution is 2.33. The number of nitrogens with zero attached hydrogens (tertiary/aromatic N) is 4. The molecule has 0 saturated heterocycles. The van der Waals surface area contributed by atoms with Crippen LogP contribution in [-0.2, 0) is 22.6 Å². The third kappa shape index (κ3) is 4.70. The second kappa shape index (κ2) is 9.77. The highest BCUT2D eigenvalue weighted by atomic mass is 16.2. The van der Waals surface area contributed by atoms with E-state index in [4.69, 9.17) is 0 Å². The molecule has 3 aromatic rings. The first-order valence-electron chi connectivity index (χ1n) is 11.2. The van der Waals surface area contributed by atoms with Crippen LogP contribution in [0.25, 0.3) is 5.57 Å². The molecule has 0 fully saturated rings. The molecule has 0 atom stereocenters. The molecule has 0 radical (unpaired) electrons. The van der Waals surface area contributed by atoms with Crippen LogP contribution in [0.5, 0.6) is 0 Å². The molecule has 0 spiro atoms. The van der Waals surface area contributed by atoms with E-state index >= 15 is 0 Å². The lowest BCUT2D eigenvalue weighted by Crippen LogP contribution is -2.35. The van der Waals surface area contributed by atoms with Gasteiger partial charge < -0.3 is 4.90 Å². The van der Waals surface area contributed by atoms with Crippen molar-refractivity contribution in [1.29, 1.82) is 0 Å². The zero-order valence-corrected chi connectivity index (χ0v) is 19.3. The zero-order chi connectivity index (χ0) is 23.4. The molecule has 3 heterocycles. The van der Waals surface area contributed by atoms with E-state index in [1.165, 1.54) is 4.90 Å². The molecule has 33 heavy (non-hydrogen) atoms. The van der Waals surface area contributed by atoms with E-state index < -0.39 is 0 Å². The van der Waals surface area contributed by atoms with Crippen LogP contribution >= 0.6 is 0 Å². The van der Waals surface area contributed by atoms with Crippen molar-refractivity contribution in [3.63, 3.8) is 0 Å². The van der Waals surface area contributed by atoms with Crippen LogP contribution in [0.4, 0.5) is 0 Å². The van der Waals surface area contributed by atoms with Gasteiger partial charge in [-0.05, 0) is 73.2 Å². The minimum atomic E-state index is -0.260. The molecule has 1 aromatic carbocycles. The molecule has 1 aliphatic rings. The Bertz CT molecular complexity index is 1190. The van der Waals surface area contributed by atoms with Gasteiger partial charge in [0.2, 0.25) is 0 Å².